The van der Waals surface area contributed by atoms with E-state index in [4.69, 9.17) is 5.11 Å². The molecule has 0 aromatic heterocycles. The maximum absolute atomic E-state index is 11.0. The van der Waals surface area contributed by atoms with Crippen molar-refractivity contribution in [3.63, 3.8) is 0 Å². The first kappa shape index (κ1) is 18.6. The first-order valence-electron chi connectivity index (χ1n) is 5.67. The summed E-state index contributed by atoms with van der Waals surface area (Å²) in [5, 5.41) is 8.30. The standard InChI is InChI=1S/C8H14O3.C4H6O3/c1-3-6(4-2)7(9)5-8(10)11;1-3(5)7-4(2)6/h6H,3-5H2,1-2H3,(H,10,11);1-2H3. The minimum Gasteiger partial charge on any atom is -0.481 e. The minimum absolute atomic E-state index is 0.0638. The third kappa shape index (κ3) is 12.4. The van der Waals surface area contributed by atoms with Crippen LogP contribution in [0.5, 0.6) is 0 Å². The topological polar surface area (TPSA) is 97.7 Å². The largest absolute Gasteiger partial charge is 0.481 e. The van der Waals surface area contributed by atoms with E-state index in [1.807, 2.05) is 13.8 Å². The highest BCUT2D eigenvalue weighted by Gasteiger charge is 2.16. The number of esters is 2. The number of ether oxygens (including phenoxy) is 1. The van der Waals surface area contributed by atoms with Gasteiger partial charge in [0.1, 0.15) is 12.2 Å². The van der Waals surface area contributed by atoms with Crippen LogP contribution < -0.4 is 0 Å². The molecule has 0 spiro atoms. The summed E-state index contributed by atoms with van der Waals surface area (Å²) in [7, 11) is 0. The fraction of sp³-hybridized carbons (Fsp3) is 0.667. The first-order chi connectivity index (χ1) is 8.24. The number of hydrogen-bond acceptors (Lipinski definition) is 5. The lowest BCUT2D eigenvalue weighted by Crippen LogP contribution is -2.16. The van der Waals surface area contributed by atoms with E-state index in [0.29, 0.717) is 0 Å². The van der Waals surface area contributed by atoms with Crippen molar-refractivity contribution in [2.45, 2.75) is 47.0 Å². The summed E-state index contributed by atoms with van der Waals surface area (Å²) in [5.74, 6) is -2.37. The third-order valence-electron chi connectivity index (χ3n) is 2.05. The zero-order valence-corrected chi connectivity index (χ0v) is 11.2. The molecular formula is C12H20O6. The van der Waals surface area contributed by atoms with Gasteiger partial charge in [-0.2, -0.15) is 0 Å². The Morgan fingerprint density at radius 3 is 1.56 bits per heavy atom. The van der Waals surface area contributed by atoms with Gasteiger partial charge < -0.3 is 9.84 Å². The summed E-state index contributed by atoms with van der Waals surface area (Å²) in [4.78, 5) is 40.8. The summed E-state index contributed by atoms with van der Waals surface area (Å²) in [6.45, 7) is 6.16. The summed E-state index contributed by atoms with van der Waals surface area (Å²) in [6.07, 6.45) is 1.15. The van der Waals surface area contributed by atoms with Crippen LogP contribution in [0.25, 0.3) is 0 Å². The molecule has 0 rings (SSSR count). The monoisotopic (exact) mass is 260 g/mol. The Bertz CT molecular complexity index is 292. The number of carbonyl (C=O) groups excluding carboxylic acids is 3. The lowest BCUT2D eigenvalue weighted by atomic mass is 9.96. The van der Waals surface area contributed by atoms with Crippen molar-refractivity contribution >= 4 is 23.7 Å². The minimum atomic E-state index is -1.03. The van der Waals surface area contributed by atoms with Gasteiger partial charge in [-0.25, -0.2) is 0 Å². The van der Waals surface area contributed by atoms with Gasteiger partial charge in [0.15, 0.2) is 0 Å². The predicted molar refractivity (Wildman–Crippen MR) is 63.8 cm³/mol. The van der Waals surface area contributed by atoms with E-state index in [-0.39, 0.29) is 18.1 Å². The maximum Gasteiger partial charge on any atom is 0.310 e. The summed E-state index contributed by atoms with van der Waals surface area (Å²) >= 11 is 0. The fourth-order valence-corrected chi connectivity index (χ4v) is 1.24. The van der Waals surface area contributed by atoms with Crippen LogP contribution in [-0.2, 0) is 23.9 Å². The molecular weight excluding hydrogens is 240 g/mol. The molecule has 0 aliphatic rings. The molecule has 18 heavy (non-hydrogen) atoms. The molecule has 0 bridgehead atoms. The molecule has 0 aliphatic carbocycles. The molecule has 0 radical (unpaired) electrons. The predicted octanol–water partition coefficient (Wildman–Crippen LogP) is 1.56. The molecule has 0 heterocycles. The van der Waals surface area contributed by atoms with Crippen molar-refractivity contribution in [1.29, 1.82) is 0 Å². The number of carboxylic acid groups (broad SMARTS) is 1. The smallest absolute Gasteiger partial charge is 0.310 e. The van der Waals surface area contributed by atoms with E-state index < -0.39 is 17.9 Å². The number of carboxylic acids is 1. The van der Waals surface area contributed by atoms with Crippen LogP contribution in [0.3, 0.4) is 0 Å². The van der Waals surface area contributed by atoms with Crippen LogP contribution in [-0.4, -0.2) is 28.8 Å². The second kappa shape index (κ2) is 10.4. The molecule has 0 fully saturated rings. The molecule has 6 nitrogen and oxygen atoms in total. The van der Waals surface area contributed by atoms with E-state index >= 15 is 0 Å². The Labute approximate surface area is 106 Å². The number of carbonyl (C=O) groups is 4. The Kier molecular flexibility index (Phi) is 10.8. The van der Waals surface area contributed by atoms with E-state index in [0.717, 1.165) is 12.8 Å². The summed E-state index contributed by atoms with van der Waals surface area (Å²) in [5.41, 5.74) is 0. The molecule has 0 saturated carbocycles. The number of aliphatic carboxylic acids is 1. The number of ketones is 1. The second-order valence-electron chi connectivity index (χ2n) is 3.64. The molecule has 0 unspecified atom stereocenters. The van der Waals surface area contributed by atoms with Gasteiger partial charge >= 0.3 is 17.9 Å². The second-order valence-corrected chi connectivity index (χ2v) is 3.64. The van der Waals surface area contributed by atoms with E-state index in [2.05, 4.69) is 4.74 Å². The summed E-state index contributed by atoms with van der Waals surface area (Å²) in [6, 6.07) is 0. The van der Waals surface area contributed by atoms with Gasteiger partial charge in [-0.3, -0.25) is 19.2 Å². The average molecular weight is 260 g/mol. The van der Waals surface area contributed by atoms with Crippen molar-refractivity contribution in [3.05, 3.63) is 0 Å². The van der Waals surface area contributed by atoms with Gasteiger partial charge in [-0.05, 0) is 12.8 Å². The van der Waals surface area contributed by atoms with Gasteiger partial charge in [0, 0.05) is 19.8 Å². The van der Waals surface area contributed by atoms with Gasteiger partial charge in [0.2, 0.25) is 0 Å². The highest BCUT2D eigenvalue weighted by molar-refractivity contribution is 5.95. The highest BCUT2D eigenvalue weighted by atomic mass is 16.6. The lowest BCUT2D eigenvalue weighted by Gasteiger charge is -2.07. The van der Waals surface area contributed by atoms with Crippen molar-refractivity contribution in [3.8, 4) is 0 Å². The van der Waals surface area contributed by atoms with Crippen LogP contribution in [0.4, 0.5) is 0 Å². The van der Waals surface area contributed by atoms with Crippen molar-refractivity contribution < 1.29 is 29.0 Å². The number of rotatable bonds is 5. The molecule has 0 saturated heterocycles. The maximum atomic E-state index is 11.0. The fourth-order valence-electron chi connectivity index (χ4n) is 1.24. The SMILES string of the molecule is CC(=O)OC(C)=O.CCC(CC)C(=O)CC(=O)O. The zero-order valence-electron chi connectivity index (χ0n) is 11.2. The van der Waals surface area contributed by atoms with Crippen LogP contribution in [0.2, 0.25) is 0 Å². The number of Topliss-reactive ketones (excluding diaryl/α,β-unsaturated/α-hetero) is 1. The van der Waals surface area contributed by atoms with E-state index in [1.165, 1.54) is 13.8 Å². The number of hydrogen-bond donors (Lipinski definition) is 1. The van der Waals surface area contributed by atoms with E-state index in [1.54, 1.807) is 0 Å². The highest BCUT2D eigenvalue weighted by Crippen LogP contribution is 2.10. The first-order valence-corrected chi connectivity index (χ1v) is 5.67. The van der Waals surface area contributed by atoms with Gasteiger partial charge in [-0.15, -0.1) is 0 Å². The van der Waals surface area contributed by atoms with Gasteiger partial charge in [-0.1, -0.05) is 13.8 Å². The normalized spacial score (nSPS) is 9.17. The lowest BCUT2D eigenvalue weighted by molar-refractivity contribution is -0.156. The molecule has 1 N–H and O–H groups in total. The Hall–Kier alpha value is -1.72. The van der Waals surface area contributed by atoms with Gasteiger partial charge in [0.25, 0.3) is 0 Å². The van der Waals surface area contributed by atoms with Crippen LogP contribution in [0.1, 0.15) is 47.0 Å². The van der Waals surface area contributed by atoms with Crippen molar-refractivity contribution in [1.82, 2.24) is 0 Å². The van der Waals surface area contributed by atoms with Crippen LogP contribution >= 0.6 is 0 Å². The van der Waals surface area contributed by atoms with Gasteiger partial charge in [0.05, 0.1) is 0 Å². The molecule has 0 atom stereocenters. The average Bonchev–Trinajstić information content (AvgIpc) is 2.16. The molecule has 0 amide bonds. The molecule has 0 aromatic carbocycles. The molecule has 6 heteroatoms. The zero-order chi connectivity index (χ0) is 14.7. The van der Waals surface area contributed by atoms with Crippen molar-refractivity contribution in [2.75, 3.05) is 0 Å². The van der Waals surface area contributed by atoms with E-state index in [9.17, 15) is 19.2 Å². The van der Waals surface area contributed by atoms with Crippen LogP contribution in [0, 0.1) is 5.92 Å². The summed E-state index contributed by atoms with van der Waals surface area (Å²) < 4.78 is 3.97. The Balaban J connectivity index is 0. The Morgan fingerprint density at radius 2 is 1.39 bits per heavy atom. The van der Waals surface area contributed by atoms with Crippen molar-refractivity contribution in [2.24, 2.45) is 5.92 Å². The Morgan fingerprint density at radius 1 is 1.00 bits per heavy atom. The molecule has 0 aliphatic heterocycles. The molecule has 0 aromatic rings. The molecule has 104 valence electrons. The quantitative estimate of drug-likeness (QED) is 0.595. The van der Waals surface area contributed by atoms with Crippen LogP contribution in [0.15, 0.2) is 0 Å². The third-order valence-corrected chi connectivity index (χ3v) is 2.05.